The van der Waals surface area contributed by atoms with E-state index in [1.165, 1.54) is 32.2 Å². The van der Waals surface area contributed by atoms with Crippen molar-refractivity contribution < 1.29 is 13.2 Å². The first kappa shape index (κ1) is 17.9. The third kappa shape index (κ3) is 2.91. The van der Waals surface area contributed by atoms with Gasteiger partial charge in [-0.25, -0.2) is 13.4 Å². The smallest absolute Gasteiger partial charge is 0.265 e. The first-order chi connectivity index (χ1) is 12.3. The van der Waals surface area contributed by atoms with Crippen LogP contribution in [-0.2, 0) is 14.8 Å². The number of benzene rings is 1. The van der Waals surface area contributed by atoms with Gasteiger partial charge in [-0.15, -0.1) is 0 Å². The minimum atomic E-state index is -3.88. The van der Waals surface area contributed by atoms with Gasteiger partial charge in [-0.2, -0.15) is 5.26 Å². The van der Waals surface area contributed by atoms with E-state index in [-0.39, 0.29) is 28.2 Å². The molecule has 1 aromatic carbocycles. The Balaban J connectivity index is 2.04. The van der Waals surface area contributed by atoms with Crippen LogP contribution in [0.5, 0.6) is 0 Å². The molecule has 1 aliphatic heterocycles. The summed E-state index contributed by atoms with van der Waals surface area (Å²) in [5.74, 6) is 0.181. The maximum Gasteiger partial charge on any atom is 0.265 e. The number of carbonyl (C=O) groups excluding carboxylic acids is 1. The van der Waals surface area contributed by atoms with E-state index in [0.717, 1.165) is 9.87 Å². The minimum Gasteiger partial charge on any atom is -0.312 e. The molecule has 8 heteroatoms. The largest absolute Gasteiger partial charge is 0.312 e. The number of hydrogen-bond acceptors (Lipinski definition) is 5. The van der Waals surface area contributed by atoms with E-state index in [1.807, 2.05) is 13.0 Å². The molecule has 0 saturated carbocycles. The maximum absolute atomic E-state index is 13.0. The Hall–Kier alpha value is -2.92. The van der Waals surface area contributed by atoms with Gasteiger partial charge in [0.1, 0.15) is 17.6 Å². The van der Waals surface area contributed by atoms with Crippen molar-refractivity contribution in [2.45, 2.75) is 24.7 Å². The number of anilines is 2. The summed E-state index contributed by atoms with van der Waals surface area (Å²) in [5, 5.41) is 8.96. The lowest BCUT2D eigenvalue weighted by atomic mass is 10.0. The Bertz CT molecular complexity index is 1030. The van der Waals surface area contributed by atoms with E-state index < -0.39 is 10.0 Å². The van der Waals surface area contributed by atoms with Crippen molar-refractivity contribution in [2.24, 2.45) is 0 Å². The number of pyridine rings is 1. The van der Waals surface area contributed by atoms with Gasteiger partial charge >= 0.3 is 0 Å². The Kier molecular flexibility index (Phi) is 4.42. The normalized spacial score (nSPS) is 16.1. The van der Waals surface area contributed by atoms with Crippen LogP contribution in [0.15, 0.2) is 41.3 Å². The van der Waals surface area contributed by atoms with E-state index in [0.29, 0.717) is 12.2 Å². The van der Waals surface area contributed by atoms with Gasteiger partial charge in [-0.3, -0.25) is 9.10 Å². The van der Waals surface area contributed by atoms with Gasteiger partial charge in [0.2, 0.25) is 5.91 Å². The SMILES string of the molecule is CC(=O)N1CC(C)c2ccc(S(=O)(=O)N(C)c3cccc(C#N)n3)cc21. The van der Waals surface area contributed by atoms with Gasteiger partial charge in [0.15, 0.2) is 0 Å². The second-order valence-electron chi connectivity index (χ2n) is 6.22. The summed E-state index contributed by atoms with van der Waals surface area (Å²) < 4.78 is 27.0. The Morgan fingerprint density at radius 1 is 1.35 bits per heavy atom. The molecule has 0 bridgehead atoms. The van der Waals surface area contributed by atoms with Crippen LogP contribution in [0, 0.1) is 11.3 Å². The number of aromatic nitrogens is 1. The van der Waals surface area contributed by atoms with Crippen LogP contribution in [0.3, 0.4) is 0 Å². The number of nitrogens with zero attached hydrogens (tertiary/aromatic N) is 4. The predicted octanol–water partition coefficient (Wildman–Crippen LogP) is 2.25. The summed E-state index contributed by atoms with van der Waals surface area (Å²) in [6.45, 7) is 4.00. The molecule has 26 heavy (non-hydrogen) atoms. The molecule has 2 aromatic rings. The van der Waals surface area contributed by atoms with Crippen molar-refractivity contribution in [3.63, 3.8) is 0 Å². The zero-order valence-electron chi connectivity index (χ0n) is 14.7. The second-order valence-corrected chi connectivity index (χ2v) is 8.19. The number of fused-ring (bicyclic) bond motifs is 1. The van der Waals surface area contributed by atoms with Crippen molar-refractivity contribution in [2.75, 3.05) is 22.8 Å². The molecule has 0 saturated heterocycles. The zero-order valence-corrected chi connectivity index (χ0v) is 15.5. The van der Waals surface area contributed by atoms with Crippen LogP contribution in [0.1, 0.15) is 31.0 Å². The molecule has 0 spiro atoms. The standard InChI is InChI=1S/C18H18N4O3S/c1-12-11-22(13(2)23)17-9-15(7-8-16(12)17)26(24,25)21(3)18-6-4-5-14(10-19)20-18/h4-9,12H,11H2,1-3H3. The summed E-state index contributed by atoms with van der Waals surface area (Å²) in [7, 11) is -2.50. The molecule has 1 aromatic heterocycles. The first-order valence-electron chi connectivity index (χ1n) is 8.04. The number of hydrogen-bond donors (Lipinski definition) is 0. The molecule has 0 radical (unpaired) electrons. The van der Waals surface area contributed by atoms with Crippen molar-refractivity contribution in [1.82, 2.24) is 4.98 Å². The summed E-state index contributed by atoms with van der Waals surface area (Å²) in [6, 6.07) is 11.3. The van der Waals surface area contributed by atoms with Gasteiger partial charge in [0.05, 0.1) is 4.90 Å². The minimum absolute atomic E-state index is 0.0725. The monoisotopic (exact) mass is 370 g/mol. The van der Waals surface area contributed by atoms with E-state index >= 15 is 0 Å². The van der Waals surface area contributed by atoms with Crippen LogP contribution < -0.4 is 9.21 Å². The maximum atomic E-state index is 13.0. The quantitative estimate of drug-likeness (QED) is 0.826. The van der Waals surface area contributed by atoms with Crippen LogP contribution in [0.4, 0.5) is 11.5 Å². The lowest BCUT2D eigenvalue weighted by molar-refractivity contribution is -0.116. The van der Waals surface area contributed by atoms with Gasteiger partial charge in [0, 0.05) is 32.1 Å². The van der Waals surface area contributed by atoms with Crippen LogP contribution in [-0.4, -0.2) is 32.9 Å². The van der Waals surface area contributed by atoms with E-state index in [4.69, 9.17) is 5.26 Å². The Morgan fingerprint density at radius 2 is 2.08 bits per heavy atom. The Labute approximate surface area is 152 Å². The van der Waals surface area contributed by atoms with E-state index in [1.54, 1.807) is 23.1 Å². The molecule has 1 aliphatic rings. The molecule has 1 atom stereocenters. The molecule has 134 valence electrons. The molecule has 3 rings (SSSR count). The highest BCUT2D eigenvalue weighted by Gasteiger charge is 2.31. The molecule has 2 heterocycles. The third-order valence-electron chi connectivity index (χ3n) is 4.49. The van der Waals surface area contributed by atoms with E-state index in [9.17, 15) is 13.2 Å². The number of nitriles is 1. The lowest BCUT2D eigenvalue weighted by Gasteiger charge is -2.20. The van der Waals surface area contributed by atoms with Crippen molar-refractivity contribution >= 4 is 27.4 Å². The van der Waals surface area contributed by atoms with Crippen LogP contribution in [0.2, 0.25) is 0 Å². The van der Waals surface area contributed by atoms with Gasteiger partial charge in [0.25, 0.3) is 10.0 Å². The number of amides is 1. The topological polar surface area (TPSA) is 94.4 Å². The summed E-state index contributed by atoms with van der Waals surface area (Å²) in [6.07, 6.45) is 0. The molecule has 0 fully saturated rings. The highest BCUT2D eigenvalue weighted by atomic mass is 32.2. The molecule has 1 amide bonds. The molecule has 1 unspecified atom stereocenters. The second kappa shape index (κ2) is 6.42. The predicted molar refractivity (Wildman–Crippen MR) is 97.4 cm³/mol. The fourth-order valence-corrected chi connectivity index (χ4v) is 4.21. The average Bonchev–Trinajstić information content (AvgIpc) is 2.97. The summed E-state index contributed by atoms with van der Waals surface area (Å²) in [4.78, 5) is 17.6. The van der Waals surface area contributed by atoms with Gasteiger partial charge in [-0.05, 0) is 29.8 Å². The molecule has 0 aliphatic carbocycles. The van der Waals surface area contributed by atoms with E-state index in [2.05, 4.69) is 4.98 Å². The molecule has 0 N–H and O–H groups in total. The fourth-order valence-electron chi connectivity index (χ4n) is 3.05. The lowest BCUT2D eigenvalue weighted by Crippen LogP contribution is -2.28. The number of carbonyl (C=O) groups is 1. The number of sulfonamides is 1. The Morgan fingerprint density at radius 3 is 2.73 bits per heavy atom. The molecular weight excluding hydrogens is 352 g/mol. The highest BCUT2D eigenvalue weighted by molar-refractivity contribution is 7.92. The molecular formula is C18H18N4O3S. The number of rotatable bonds is 3. The fraction of sp³-hybridized carbons (Fsp3) is 0.278. The first-order valence-corrected chi connectivity index (χ1v) is 9.48. The van der Waals surface area contributed by atoms with Gasteiger partial charge in [-0.1, -0.05) is 19.1 Å². The van der Waals surface area contributed by atoms with Crippen LogP contribution in [0.25, 0.3) is 0 Å². The van der Waals surface area contributed by atoms with Crippen molar-refractivity contribution in [3.05, 3.63) is 47.7 Å². The zero-order chi connectivity index (χ0) is 19.1. The summed E-state index contributed by atoms with van der Waals surface area (Å²) >= 11 is 0. The highest BCUT2D eigenvalue weighted by Crippen LogP contribution is 2.38. The van der Waals surface area contributed by atoms with Gasteiger partial charge < -0.3 is 4.90 Å². The van der Waals surface area contributed by atoms with Crippen molar-refractivity contribution in [1.29, 1.82) is 5.26 Å². The van der Waals surface area contributed by atoms with Crippen LogP contribution >= 0.6 is 0 Å². The van der Waals surface area contributed by atoms with Crippen molar-refractivity contribution in [3.8, 4) is 6.07 Å². The molecule has 7 nitrogen and oxygen atoms in total. The average molecular weight is 370 g/mol. The summed E-state index contributed by atoms with van der Waals surface area (Å²) in [5.41, 5.74) is 1.71. The third-order valence-corrected chi connectivity index (χ3v) is 6.25.